The van der Waals surface area contributed by atoms with E-state index in [0.717, 1.165) is 11.8 Å². The van der Waals surface area contributed by atoms with Crippen molar-refractivity contribution in [1.82, 2.24) is 5.32 Å². The lowest BCUT2D eigenvalue weighted by Gasteiger charge is -2.30. The summed E-state index contributed by atoms with van der Waals surface area (Å²) in [5, 5.41) is 30.3. The van der Waals surface area contributed by atoms with E-state index in [1.54, 1.807) is 55.5 Å². The van der Waals surface area contributed by atoms with Crippen molar-refractivity contribution in [2.24, 2.45) is 0 Å². The highest BCUT2D eigenvalue weighted by Crippen LogP contribution is 2.43. The molecule has 1 heterocycles. The molecule has 0 aromatic heterocycles. The van der Waals surface area contributed by atoms with Crippen LogP contribution < -0.4 is 20.7 Å². The Morgan fingerprint density at radius 3 is 2.44 bits per heavy atom. The zero-order valence-corrected chi connectivity index (χ0v) is 22.7. The van der Waals surface area contributed by atoms with Gasteiger partial charge < -0.3 is 25.8 Å². The number of halogens is 1. The Morgan fingerprint density at radius 2 is 1.77 bits per heavy atom. The second-order valence-electron chi connectivity index (χ2n) is 8.55. The number of amides is 2. The Balaban J connectivity index is 1.67. The van der Waals surface area contributed by atoms with Crippen molar-refractivity contribution in [2.45, 2.75) is 12.8 Å². The quantitative estimate of drug-likeness (QED) is 0.276. The summed E-state index contributed by atoms with van der Waals surface area (Å²) in [7, 11) is 1.42. The van der Waals surface area contributed by atoms with Crippen LogP contribution in [0.4, 0.5) is 11.4 Å². The number of para-hydroxylation sites is 1. The maximum absolute atomic E-state index is 13.5. The number of hydrogen-bond donors (Lipinski definition) is 4. The second-order valence-corrected chi connectivity index (χ2v) is 9.97. The van der Waals surface area contributed by atoms with Crippen LogP contribution in [0.5, 0.6) is 11.5 Å². The van der Waals surface area contributed by atoms with E-state index in [0.29, 0.717) is 38.3 Å². The van der Waals surface area contributed by atoms with Gasteiger partial charge in [-0.15, -0.1) is 0 Å². The summed E-state index contributed by atoms with van der Waals surface area (Å²) in [6.45, 7) is 1.74. The number of dihydropyridines is 1. The van der Waals surface area contributed by atoms with Crippen LogP contribution in [0.2, 0.25) is 5.02 Å². The number of nitrogens with one attached hydrogen (secondary N) is 3. The molecule has 3 aromatic rings. The molecule has 2 amide bonds. The van der Waals surface area contributed by atoms with Crippen molar-refractivity contribution < 1.29 is 19.4 Å². The number of benzene rings is 3. The van der Waals surface area contributed by atoms with Gasteiger partial charge in [-0.3, -0.25) is 9.59 Å². The van der Waals surface area contributed by atoms with Crippen LogP contribution in [0.25, 0.3) is 0 Å². The molecule has 3 aromatic carbocycles. The fourth-order valence-electron chi connectivity index (χ4n) is 4.12. The van der Waals surface area contributed by atoms with Gasteiger partial charge in [-0.2, -0.15) is 5.26 Å². The largest absolute Gasteiger partial charge is 0.504 e. The molecule has 0 aliphatic carbocycles. The minimum absolute atomic E-state index is 0.0145. The Bertz CT molecular complexity index is 1500. The number of hydrogen-bond acceptors (Lipinski definition) is 7. The van der Waals surface area contributed by atoms with Gasteiger partial charge in [0.05, 0.1) is 35.5 Å². The smallest absolute Gasteiger partial charge is 0.254 e. The summed E-state index contributed by atoms with van der Waals surface area (Å²) < 4.78 is 5.29. The number of phenolic OH excluding ortho intramolecular Hbond substituents is 1. The van der Waals surface area contributed by atoms with Gasteiger partial charge in [0, 0.05) is 27.7 Å². The Hall–Kier alpha value is -4.39. The summed E-state index contributed by atoms with van der Waals surface area (Å²) in [4.78, 5) is 26.2. The number of rotatable bonds is 8. The molecule has 0 unspecified atom stereocenters. The fraction of sp³-hybridized carbons (Fsp3) is 0.138. The molecule has 4 N–H and O–H groups in total. The SMILES string of the molecule is COc1cc([C@@H]2C(C#N)=C(SCC(=O)Nc3ccc(Cl)cc3)NC(C)=C2C(=O)Nc2ccccc2)ccc1O. The predicted octanol–water partition coefficient (Wildman–Crippen LogP) is 5.76. The van der Waals surface area contributed by atoms with Crippen LogP contribution in [-0.4, -0.2) is 29.8 Å². The number of nitriles is 1. The Labute approximate surface area is 235 Å². The normalized spacial score (nSPS) is 14.8. The average molecular weight is 561 g/mol. The van der Waals surface area contributed by atoms with Crippen LogP contribution in [0.3, 0.4) is 0 Å². The lowest BCUT2D eigenvalue weighted by atomic mass is 9.82. The Morgan fingerprint density at radius 1 is 1.08 bits per heavy atom. The lowest BCUT2D eigenvalue weighted by molar-refractivity contribution is -0.114. The highest BCUT2D eigenvalue weighted by Gasteiger charge is 2.35. The minimum atomic E-state index is -0.781. The number of thioether (sulfide) groups is 1. The summed E-state index contributed by atoms with van der Waals surface area (Å²) in [6, 6.07) is 22.7. The molecule has 198 valence electrons. The van der Waals surface area contributed by atoms with Gasteiger partial charge in [0.2, 0.25) is 5.91 Å². The van der Waals surface area contributed by atoms with E-state index >= 15 is 0 Å². The first kappa shape index (κ1) is 27.6. The van der Waals surface area contributed by atoms with Gasteiger partial charge >= 0.3 is 0 Å². The zero-order valence-electron chi connectivity index (χ0n) is 21.1. The molecule has 10 heteroatoms. The van der Waals surface area contributed by atoms with Gasteiger partial charge in [0.15, 0.2) is 11.5 Å². The highest BCUT2D eigenvalue weighted by molar-refractivity contribution is 8.03. The third-order valence-corrected chi connectivity index (χ3v) is 7.21. The average Bonchev–Trinajstić information content (AvgIpc) is 2.93. The summed E-state index contributed by atoms with van der Waals surface area (Å²) in [5.41, 5.74) is 2.89. The number of carbonyl (C=O) groups is 2. The van der Waals surface area contributed by atoms with E-state index in [4.69, 9.17) is 16.3 Å². The fourth-order valence-corrected chi connectivity index (χ4v) is 5.14. The molecule has 0 fully saturated rings. The number of carbonyl (C=O) groups excluding carboxylic acids is 2. The van der Waals surface area contributed by atoms with E-state index in [-0.39, 0.29) is 34.6 Å². The maximum Gasteiger partial charge on any atom is 0.254 e. The number of phenols is 1. The molecule has 0 saturated carbocycles. The van der Waals surface area contributed by atoms with E-state index in [1.165, 1.54) is 13.2 Å². The molecular formula is C29H25ClN4O4S. The van der Waals surface area contributed by atoms with Crippen molar-refractivity contribution in [2.75, 3.05) is 23.5 Å². The standard InChI is InChI=1S/C29H25ClN4O4S/c1-17-26(28(37)34-20-6-4-3-5-7-20)27(18-8-13-23(35)24(14-18)38-2)22(15-31)29(32-17)39-16-25(36)33-21-11-9-19(30)10-12-21/h3-14,27,32,35H,16H2,1-2H3,(H,33,36)(H,34,37)/t27-/m1/s1. The Kier molecular flexibility index (Phi) is 8.81. The zero-order chi connectivity index (χ0) is 27.9. The van der Waals surface area contributed by atoms with Crippen LogP contribution >= 0.6 is 23.4 Å². The summed E-state index contributed by atoms with van der Waals surface area (Å²) >= 11 is 7.07. The molecule has 8 nitrogen and oxygen atoms in total. The topological polar surface area (TPSA) is 123 Å². The third kappa shape index (κ3) is 6.55. The molecule has 0 bridgehead atoms. The maximum atomic E-state index is 13.5. The predicted molar refractivity (Wildman–Crippen MR) is 153 cm³/mol. The summed E-state index contributed by atoms with van der Waals surface area (Å²) in [6.07, 6.45) is 0. The molecule has 0 spiro atoms. The van der Waals surface area contributed by atoms with Crippen LogP contribution in [0.15, 0.2) is 94.7 Å². The number of anilines is 2. The first-order chi connectivity index (χ1) is 18.8. The first-order valence-electron chi connectivity index (χ1n) is 11.8. The van der Waals surface area contributed by atoms with Crippen LogP contribution in [-0.2, 0) is 9.59 Å². The van der Waals surface area contributed by atoms with E-state index in [1.807, 2.05) is 18.2 Å². The number of allylic oxidation sites excluding steroid dienone is 2. The highest BCUT2D eigenvalue weighted by atomic mass is 35.5. The summed E-state index contributed by atoms with van der Waals surface area (Å²) in [5.74, 6) is -1.29. The lowest BCUT2D eigenvalue weighted by Crippen LogP contribution is -2.31. The van der Waals surface area contributed by atoms with E-state index in [9.17, 15) is 20.0 Å². The number of ether oxygens (including phenoxy) is 1. The van der Waals surface area contributed by atoms with Crippen LogP contribution in [0.1, 0.15) is 18.4 Å². The molecule has 1 atom stereocenters. The number of aromatic hydroxyl groups is 1. The molecular weight excluding hydrogens is 536 g/mol. The van der Waals surface area contributed by atoms with Crippen molar-refractivity contribution in [3.63, 3.8) is 0 Å². The van der Waals surface area contributed by atoms with Gasteiger partial charge in [-0.25, -0.2) is 0 Å². The second kappa shape index (κ2) is 12.4. The molecule has 1 aliphatic heterocycles. The molecule has 4 rings (SSSR count). The van der Waals surface area contributed by atoms with Gasteiger partial charge in [-0.1, -0.05) is 47.6 Å². The molecule has 1 aliphatic rings. The van der Waals surface area contributed by atoms with Gasteiger partial charge in [0.25, 0.3) is 5.91 Å². The van der Waals surface area contributed by atoms with Gasteiger partial charge in [-0.05, 0) is 61.0 Å². The van der Waals surface area contributed by atoms with Crippen molar-refractivity contribution in [3.05, 3.63) is 105 Å². The van der Waals surface area contributed by atoms with E-state index < -0.39 is 5.92 Å². The minimum Gasteiger partial charge on any atom is -0.504 e. The number of methoxy groups -OCH3 is 1. The van der Waals surface area contributed by atoms with Gasteiger partial charge in [0.1, 0.15) is 0 Å². The molecule has 39 heavy (non-hydrogen) atoms. The molecule has 0 saturated heterocycles. The van der Waals surface area contributed by atoms with Crippen molar-refractivity contribution in [1.29, 1.82) is 5.26 Å². The number of nitrogens with zero attached hydrogens (tertiary/aromatic N) is 1. The molecule has 0 radical (unpaired) electrons. The van der Waals surface area contributed by atoms with Crippen molar-refractivity contribution in [3.8, 4) is 17.6 Å². The van der Waals surface area contributed by atoms with E-state index in [2.05, 4.69) is 22.0 Å². The first-order valence-corrected chi connectivity index (χ1v) is 13.2. The monoisotopic (exact) mass is 560 g/mol. The third-order valence-electron chi connectivity index (χ3n) is 5.94. The van der Waals surface area contributed by atoms with Crippen LogP contribution in [0, 0.1) is 11.3 Å². The van der Waals surface area contributed by atoms with Crippen molar-refractivity contribution >= 4 is 46.6 Å².